The third kappa shape index (κ3) is 4.50. The summed E-state index contributed by atoms with van der Waals surface area (Å²) in [4.78, 5) is 14.6. The van der Waals surface area contributed by atoms with E-state index in [1.54, 1.807) is 26.8 Å². The molecule has 2 aromatic rings. The van der Waals surface area contributed by atoms with Gasteiger partial charge in [-0.1, -0.05) is 31.7 Å². The number of hydrogen-bond donors (Lipinski definition) is 0. The lowest BCUT2D eigenvalue weighted by molar-refractivity contribution is -0.385. The SMILES string of the molecule is CCN(CC)S(=O)(=O)c1ccc(C)c(N=Cc2cc([N+](=O)[O-])ccc2[O-])c1. The zero-order chi connectivity index (χ0) is 20.2. The largest absolute Gasteiger partial charge is 0.872 e. The third-order valence-corrected chi connectivity index (χ3v) is 6.12. The Morgan fingerprint density at radius 3 is 2.41 bits per heavy atom. The lowest BCUT2D eigenvalue weighted by Gasteiger charge is -2.18. The molecule has 0 fully saturated rings. The number of aliphatic imine (C=N–C) groups is 1. The maximum atomic E-state index is 12.7. The summed E-state index contributed by atoms with van der Waals surface area (Å²) >= 11 is 0. The Balaban J connectivity index is 2.45. The van der Waals surface area contributed by atoms with E-state index in [2.05, 4.69) is 4.99 Å². The second-order valence-electron chi connectivity index (χ2n) is 5.78. The van der Waals surface area contributed by atoms with Crippen LogP contribution in [-0.2, 0) is 10.0 Å². The summed E-state index contributed by atoms with van der Waals surface area (Å²) in [7, 11) is -3.64. The van der Waals surface area contributed by atoms with Gasteiger partial charge >= 0.3 is 0 Å². The Kier molecular flexibility index (Phi) is 6.29. The summed E-state index contributed by atoms with van der Waals surface area (Å²) in [5, 5.41) is 22.7. The van der Waals surface area contributed by atoms with Crippen LogP contribution < -0.4 is 5.11 Å². The first kappa shape index (κ1) is 20.5. The Morgan fingerprint density at radius 2 is 1.81 bits per heavy atom. The lowest BCUT2D eigenvalue weighted by Crippen LogP contribution is -2.30. The molecule has 0 aliphatic carbocycles. The zero-order valence-corrected chi connectivity index (χ0v) is 16.1. The van der Waals surface area contributed by atoms with Crippen molar-refractivity contribution >= 4 is 27.6 Å². The molecule has 27 heavy (non-hydrogen) atoms. The highest BCUT2D eigenvalue weighted by atomic mass is 32.2. The van der Waals surface area contributed by atoms with Crippen molar-refractivity contribution in [3.8, 4) is 5.75 Å². The van der Waals surface area contributed by atoms with Crippen LogP contribution in [0.15, 0.2) is 46.3 Å². The molecule has 0 saturated heterocycles. The number of rotatable bonds is 7. The number of benzene rings is 2. The number of nitro groups is 1. The highest BCUT2D eigenvalue weighted by molar-refractivity contribution is 7.89. The van der Waals surface area contributed by atoms with Crippen LogP contribution >= 0.6 is 0 Å². The molecule has 9 heteroatoms. The average molecular weight is 390 g/mol. The molecule has 0 radical (unpaired) electrons. The van der Waals surface area contributed by atoms with Crippen LogP contribution in [0.25, 0.3) is 0 Å². The van der Waals surface area contributed by atoms with Gasteiger partial charge in [-0.2, -0.15) is 4.31 Å². The normalized spacial score (nSPS) is 12.0. The molecule has 0 N–H and O–H groups in total. The Morgan fingerprint density at radius 1 is 1.15 bits per heavy atom. The van der Waals surface area contributed by atoms with Gasteiger partial charge in [-0.15, -0.1) is 0 Å². The predicted octanol–water partition coefficient (Wildman–Crippen LogP) is 2.76. The molecule has 8 nitrogen and oxygen atoms in total. The highest BCUT2D eigenvalue weighted by Crippen LogP contribution is 2.26. The highest BCUT2D eigenvalue weighted by Gasteiger charge is 2.22. The molecule has 144 valence electrons. The van der Waals surface area contributed by atoms with Crippen molar-refractivity contribution in [2.24, 2.45) is 4.99 Å². The second-order valence-corrected chi connectivity index (χ2v) is 7.71. The van der Waals surface area contributed by atoms with Crippen LogP contribution in [0.5, 0.6) is 5.75 Å². The van der Waals surface area contributed by atoms with Gasteiger partial charge in [0.05, 0.1) is 15.5 Å². The van der Waals surface area contributed by atoms with Gasteiger partial charge in [0.2, 0.25) is 10.0 Å². The molecule has 0 unspecified atom stereocenters. The van der Waals surface area contributed by atoms with Gasteiger partial charge in [0, 0.05) is 31.4 Å². The third-order valence-electron chi connectivity index (χ3n) is 4.07. The second kappa shape index (κ2) is 8.28. The molecule has 0 atom stereocenters. The minimum absolute atomic E-state index is 0.0561. The Hall–Kier alpha value is -2.78. The smallest absolute Gasteiger partial charge is 0.270 e. The summed E-state index contributed by atoms with van der Waals surface area (Å²) < 4.78 is 26.6. The number of nitrogens with zero attached hydrogens (tertiary/aromatic N) is 3. The molecular formula is C18H20N3O5S-. The fourth-order valence-corrected chi connectivity index (χ4v) is 3.97. The van der Waals surface area contributed by atoms with Gasteiger partial charge in [-0.3, -0.25) is 15.1 Å². The van der Waals surface area contributed by atoms with E-state index in [-0.39, 0.29) is 16.1 Å². The van der Waals surface area contributed by atoms with E-state index < -0.39 is 20.7 Å². The molecule has 0 saturated carbocycles. The van der Waals surface area contributed by atoms with Crippen molar-refractivity contribution in [2.75, 3.05) is 13.1 Å². The van der Waals surface area contributed by atoms with Crippen molar-refractivity contribution in [1.29, 1.82) is 0 Å². The maximum Gasteiger partial charge on any atom is 0.270 e. The van der Waals surface area contributed by atoms with E-state index in [9.17, 15) is 23.6 Å². The maximum absolute atomic E-state index is 12.7. The number of aryl methyl sites for hydroxylation is 1. The standard InChI is InChI=1S/C18H21N3O5S/c1-4-20(5-2)27(25,26)16-8-6-13(3)17(11-16)19-12-14-10-15(21(23)24)7-9-18(14)22/h6-12,22H,4-5H2,1-3H3/p-1. The molecule has 0 heterocycles. The summed E-state index contributed by atoms with van der Waals surface area (Å²) in [5.74, 6) is -0.408. The van der Waals surface area contributed by atoms with Gasteiger partial charge in [-0.25, -0.2) is 8.42 Å². The summed E-state index contributed by atoms with van der Waals surface area (Å²) in [5.41, 5.74) is 0.919. The van der Waals surface area contributed by atoms with Crippen molar-refractivity contribution in [3.63, 3.8) is 0 Å². The number of hydrogen-bond acceptors (Lipinski definition) is 6. The summed E-state index contributed by atoms with van der Waals surface area (Å²) in [6, 6.07) is 7.94. The van der Waals surface area contributed by atoms with Crippen LogP contribution in [0, 0.1) is 17.0 Å². The predicted molar refractivity (Wildman–Crippen MR) is 101 cm³/mol. The quantitative estimate of drug-likeness (QED) is 0.409. The van der Waals surface area contributed by atoms with Crippen LogP contribution in [0.3, 0.4) is 0 Å². The zero-order valence-electron chi connectivity index (χ0n) is 15.2. The first-order valence-corrected chi connectivity index (χ1v) is 9.75. The fraction of sp³-hybridized carbons (Fsp3) is 0.278. The summed E-state index contributed by atoms with van der Waals surface area (Å²) in [6.45, 7) is 5.96. The van der Waals surface area contributed by atoms with E-state index in [4.69, 9.17) is 0 Å². The number of sulfonamides is 1. The first-order chi connectivity index (χ1) is 12.7. The van der Waals surface area contributed by atoms with Crippen LogP contribution in [0.2, 0.25) is 0 Å². The number of nitro benzene ring substituents is 1. The van der Waals surface area contributed by atoms with Gasteiger partial charge in [0.1, 0.15) is 0 Å². The Bertz CT molecular complexity index is 982. The average Bonchev–Trinajstić information content (AvgIpc) is 2.62. The van der Waals surface area contributed by atoms with Crippen molar-refractivity contribution < 1.29 is 18.4 Å². The molecule has 0 aliphatic heterocycles. The van der Waals surface area contributed by atoms with E-state index >= 15 is 0 Å². The van der Waals surface area contributed by atoms with Crippen LogP contribution in [0.1, 0.15) is 25.0 Å². The topological polar surface area (TPSA) is 116 Å². The molecule has 0 bridgehead atoms. The fourth-order valence-electron chi connectivity index (χ4n) is 2.49. The van der Waals surface area contributed by atoms with Crippen molar-refractivity contribution in [1.82, 2.24) is 4.31 Å². The summed E-state index contributed by atoms with van der Waals surface area (Å²) in [6.07, 6.45) is 1.21. The minimum atomic E-state index is -3.64. The van der Waals surface area contributed by atoms with E-state index in [1.165, 1.54) is 22.7 Å². The van der Waals surface area contributed by atoms with Crippen molar-refractivity contribution in [3.05, 3.63) is 57.6 Å². The van der Waals surface area contributed by atoms with E-state index in [0.717, 1.165) is 18.2 Å². The monoisotopic (exact) mass is 390 g/mol. The van der Waals surface area contributed by atoms with E-state index in [1.807, 2.05) is 0 Å². The lowest BCUT2D eigenvalue weighted by atomic mass is 10.2. The van der Waals surface area contributed by atoms with Crippen molar-refractivity contribution in [2.45, 2.75) is 25.7 Å². The molecule has 0 aromatic heterocycles. The molecule has 0 spiro atoms. The van der Waals surface area contributed by atoms with E-state index in [0.29, 0.717) is 24.3 Å². The van der Waals surface area contributed by atoms with Gasteiger partial charge in [0.25, 0.3) is 5.69 Å². The molecule has 2 aromatic carbocycles. The van der Waals surface area contributed by atoms with Crippen LogP contribution in [0.4, 0.5) is 11.4 Å². The molecule has 0 amide bonds. The first-order valence-electron chi connectivity index (χ1n) is 8.31. The minimum Gasteiger partial charge on any atom is -0.872 e. The molecule has 2 rings (SSSR count). The van der Waals surface area contributed by atoms with Gasteiger partial charge in [0.15, 0.2) is 0 Å². The van der Waals surface area contributed by atoms with Gasteiger partial charge in [-0.05, 0) is 30.2 Å². The van der Waals surface area contributed by atoms with Gasteiger partial charge < -0.3 is 5.11 Å². The molecule has 0 aliphatic rings. The number of non-ortho nitro benzene ring substituents is 1. The Labute approximate surface area is 158 Å². The van der Waals surface area contributed by atoms with Crippen LogP contribution in [-0.4, -0.2) is 37.0 Å². The molecular weight excluding hydrogens is 370 g/mol.